The van der Waals surface area contributed by atoms with E-state index in [4.69, 9.17) is 0 Å². The smallest absolute Gasteiger partial charge is 0.0811 e. The molecule has 3 saturated carbocycles. The summed E-state index contributed by atoms with van der Waals surface area (Å²) in [5, 5.41) is 40.4. The van der Waals surface area contributed by atoms with E-state index in [1.165, 1.54) is 37.7 Å². The van der Waals surface area contributed by atoms with Crippen LogP contribution >= 0.6 is 0 Å². The monoisotopic (exact) mass is 474 g/mol. The molecule has 0 amide bonds. The molecule has 0 aromatic heterocycles. The molecule has 3 rings (SSSR count). The Bertz CT molecular complexity index is 773. The molecule has 6 atom stereocenters. The van der Waals surface area contributed by atoms with Crippen molar-refractivity contribution >= 4 is 0 Å². The molecule has 0 radical (unpaired) electrons. The second kappa shape index (κ2) is 11.4. The van der Waals surface area contributed by atoms with E-state index >= 15 is 0 Å². The Morgan fingerprint density at radius 2 is 1.97 bits per heavy atom. The van der Waals surface area contributed by atoms with E-state index < -0.39 is 17.8 Å². The molecular weight excluding hydrogens is 424 g/mol. The average molecular weight is 475 g/mol. The van der Waals surface area contributed by atoms with E-state index in [-0.39, 0.29) is 6.61 Å². The van der Waals surface area contributed by atoms with Crippen LogP contribution in [0, 0.1) is 23.2 Å². The number of hydrogen-bond donors (Lipinski definition) is 4. The third kappa shape index (κ3) is 6.43. The van der Waals surface area contributed by atoms with Crippen molar-refractivity contribution < 1.29 is 20.4 Å². The Kier molecular flexibility index (Phi) is 9.28. The number of rotatable bonds is 9. The number of aliphatic hydroxyl groups is 4. The van der Waals surface area contributed by atoms with E-state index in [0.717, 1.165) is 42.4 Å². The average Bonchev–Trinajstić information content (AvgIpc) is 3.10. The molecule has 194 valence electrons. The van der Waals surface area contributed by atoms with Crippen LogP contribution in [0.2, 0.25) is 0 Å². The largest absolute Gasteiger partial charge is 0.396 e. The van der Waals surface area contributed by atoms with Crippen molar-refractivity contribution in [3.63, 3.8) is 0 Å². The third-order valence-electron chi connectivity index (χ3n) is 9.25. The lowest BCUT2D eigenvalue weighted by Gasteiger charge is -2.44. The Morgan fingerprint density at radius 3 is 2.65 bits per heavy atom. The van der Waals surface area contributed by atoms with Crippen molar-refractivity contribution in [2.75, 3.05) is 6.61 Å². The summed E-state index contributed by atoms with van der Waals surface area (Å²) in [6.45, 7) is 13.1. The molecule has 0 unspecified atom stereocenters. The normalized spacial score (nSPS) is 36.0. The van der Waals surface area contributed by atoms with E-state index in [1.807, 2.05) is 13.8 Å². The SMILES string of the molecule is C=C1/C(=C(\C=C2/CCC[C@]3(C)[C@@H]([C@H](C)CCCC(C)(C)O)CC[C@@H]23)CCCO)C[C@@H](O)C[C@@H]1O. The highest BCUT2D eigenvalue weighted by Crippen LogP contribution is 2.60. The van der Waals surface area contributed by atoms with Gasteiger partial charge in [0.2, 0.25) is 0 Å². The van der Waals surface area contributed by atoms with Gasteiger partial charge in [-0.3, -0.25) is 0 Å². The Hall–Kier alpha value is -0.940. The molecular formula is C30H50O4. The predicted octanol–water partition coefficient (Wildman–Crippen LogP) is 5.85. The van der Waals surface area contributed by atoms with Gasteiger partial charge in [-0.15, -0.1) is 0 Å². The van der Waals surface area contributed by atoms with Gasteiger partial charge in [0.15, 0.2) is 0 Å². The van der Waals surface area contributed by atoms with Gasteiger partial charge in [-0.25, -0.2) is 0 Å². The minimum atomic E-state index is -0.682. The van der Waals surface area contributed by atoms with Crippen LogP contribution in [-0.2, 0) is 0 Å². The van der Waals surface area contributed by atoms with Gasteiger partial charge in [0, 0.05) is 13.0 Å². The Labute approximate surface area is 207 Å². The van der Waals surface area contributed by atoms with Crippen molar-refractivity contribution in [3.05, 3.63) is 34.9 Å². The summed E-state index contributed by atoms with van der Waals surface area (Å²) in [4.78, 5) is 0. The van der Waals surface area contributed by atoms with Gasteiger partial charge < -0.3 is 20.4 Å². The number of hydrogen-bond acceptors (Lipinski definition) is 4. The van der Waals surface area contributed by atoms with Gasteiger partial charge in [-0.1, -0.05) is 44.9 Å². The molecule has 0 saturated heterocycles. The molecule has 3 fully saturated rings. The highest BCUT2D eigenvalue weighted by Gasteiger charge is 2.50. The predicted molar refractivity (Wildman–Crippen MR) is 139 cm³/mol. The van der Waals surface area contributed by atoms with Crippen LogP contribution in [0.15, 0.2) is 34.9 Å². The second-order valence-electron chi connectivity index (χ2n) is 12.5. The number of fused-ring (bicyclic) bond motifs is 1. The fourth-order valence-corrected chi connectivity index (χ4v) is 7.44. The van der Waals surface area contributed by atoms with Gasteiger partial charge in [-0.05, 0) is 112 Å². The molecule has 4 nitrogen and oxygen atoms in total. The first kappa shape index (κ1) is 27.6. The fraction of sp³-hybridized carbons (Fsp3) is 0.800. The topological polar surface area (TPSA) is 80.9 Å². The summed E-state index contributed by atoms with van der Waals surface area (Å²) in [5.41, 5.74) is 4.19. The molecule has 0 spiro atoms. The van der Waals surface area contributed by atoms with Crippen LogP contribution < -0.4 is 0 Å². The standard InChI is InChI=1S/C30H50O4/c1-20(9-6-14-29(3,4)34)26-12-13-27-23(10-7-15-30(26,27)5)17-22(11-8-16-31)25-18-24(32)19-28(33)21(25)2/h17,20,24,26-28,31-34H,2,6-16,18-19H2,1,3-5H3/b23-17+,25-22-/t20-,24-,26-,27+,28+,30-/m1/s1. The Balaban J connectivity index is 1.83. The van der Waals surface area contributed by atoms with E-state index in [0.29, 0.717) is 42.4 Å². The zero-order valence-electron chi connectivity index (χ0n) is 22.2. The molecule has 3 aliphatic rings. The van der Waals surface area contributed by atoms with Crippen molar-refractivity contribution in [2.45, 2.75) is 123 Å². The summed E-state index contributed by atoms with van der Waals surface area (Å²) >= 11 is 0. The van der Waals surface area contributed by atoms with Crippen LogP contribution in [0.4, 0.5) is 0 Å². The van der Waals surface area contributed by atoms with E-state index in [1.54, 1.807) is 0 Å². The Morgan fingerprint density at radius 1 is 1.24 bits per heavy atom. The summed E-state index contributed by atoms with van der Waals surface area (Å²) in [6, 6.07) is 0. The van der Waals surface area contributed by atoms with Crippen molar-refractivity contribution in [1.29, 1.82) is 0 Å². The lowest BCUT2D eigenvalue weighted by atomic mass is 9.60. The molecule has 0 bridgehead atoms. The maximum absolute atomic E-state index is 10.4. The minimum Gasteiger partial charge on any atom is -0.396 e. The minimum absolute atomic E-state index is 0.142. The number of aliphatic hydroxyl groups excluding tert-OH is 3. The molecule has 34 heavy (non-hydrogen) atoms. The van der Waals surface area contributed by atoms with Crippen molar-refractivity contribution in [1.82, 2.24) is 0 Å². The summed E-state index contributed by atoms with van der Waals surface area (Å²) in [5.74, 6) is 1.96. The summed E-state index contributed by atoms with van der Waals surface area (Å²) in [6.07, 6.45) is 12.7. The lowest BCUT2D eigenvalue weighted by Crippen LogP contribution is -2.36. The third-order valence-corrected chi connectivity index (χ3v) is 9.25. The molecule has 0 heterocycles. The lowest BCUT2D eigenvalue weighted by molar-refractivity contribution is 0.0596. The van der Waals surface area contributed by atoms with Crippen LogP contribution in [0.3, 0.4) is 0 Å². The molecule has 0 aliphatic heterocycles. The van der Waals surface area contributed by atoms with Gasteiger partial charge in [-0.2, -0.15) is 0 Å². The first-order valence-electron chi connectivity index (χ1n) is 13.8. The highest BCUT2D eigenvalue weighted by molar-refractivity contribution is 5.44. The highest BCUT2D eigenvalue weighted by atomic mass is 16.3. The summed E-state index contributed by atoms with van der Waals surface area (Å²) in [7, 11) is 0. The zero-order chi connectivity index (χ0) is 25.1. The van der Waals surface area contributed by atoms with Crippen LogP contribution in [0.5, 0.6) is 0 Å². The first-order chi connectivity index (χ1) is 16.0. The van der Waals surface area contributed by atoms with Gasteiger partial charge >= 0.3 is 0 Å². The van der Waals surface area contributed by atoms with Gasteiger partial charge in [0.05, 0.1) is 17.8 Å². The second-order valence-corrected chi connectivity index (χ2v) is 12.5. The molecule has 4 heteroatoms. The summed E-state index contributed by atoms with van der Waals surface area (Å²) < 4.78 is 0. The first-order valence-corrected chi connectivity index (χ1v) is 13.8. The molecule has 4 N–H and O–H groups in total. The van der Waals surface area contributed by atoms with Gasteiger partial charge in [0.1, 0.15) is 0 Å². The number of allylic oxidation sites excluding steroid dienone is 3. The van der Waals surface area contributed by atoms with Crippen molar-refractivity contribution in [3.8, 4) is 0 Å². The van der Waals surface area contributed by atoms with Crippen LogP contribution in [-0.4, -0.2) is 44.8 Å². The molecule has 0 aromatic rings. The van der Waals surface area contributed by atoms with E-state index in [9.17, 15) is 20.4 Å². The maximum Gasteiger partial charge on any atom is 0.0811 e. The van der Waals surface area contributed by atoms with Crippen LogP contribution in [0.1, 0.15) is 105 Å². The fourth-order valence-electron chi connectivity index (χ4n) is 7.44. The van der Waals surface area contributed by atoms with Gasteiger partial charge in [0.25, 0.3) is 0 Å². The van der Waals surface area contributed by atoms with Crippen molar-refractivity contribution in [2.24, 2.45) is 23.2 Å². The maximum atomic E-state index is 10.4. The molecule has 0 aromatic carbocycles. The zero-order valence-corrected chi connectivity index (χ0v) is 22.2. The molecule has 3 aliphatic carbocycles. The van der Waals surface area contributed by atoms with E-state index in [2.05, 4.69) is 26.5 Å². The quantitative estimate of drug-likeness (QED) is 0.338. The van der Waals surface area contributed by atoms with Crippen LogP contribution in [0.25, 0.3) is 0 Å².